The molecule has 0 saturated heterocycles. The van der Waals surface area contributed by atoms with Crippen molar-refractivity contribution in [3.05, 3.63) is 12.2 Å². The van der Waals surface area contributed by atoms with Crippen molar-refractivity contribution in [3.63, 3.8) is 0 Å². The molecule has 0 amide bonds. The van der Waals surface area contributed by atoms with Crippen LogP contribution in [0.5, 0.6) is 0 Å². The first-order valence-electron chi connectivity index (χ1n) is 7.16. The molecule has 1 fully saturated rings. The van der Waals surface area contributed by atoms with Gasteiger partial charge in [-0.25, -0.2) is 13.6 Å². The van der Waals surface area contributed by atoms with Gasteiger partial charge < -0.3 is 9.84 Å². The molecule has 20 heavy (non-hydrogen) atoms. The highest BCUT2D eigenvalue weighted by Crippen LogP contribution is 2.35. The van der Waals surface area contributed by atoms with E-state index in [0.29, 0.717) is 0 Å². The highest BCUT2D eigenvalue weighted by Gasteiger charge is 2.42. The van der Waals surface area contributed by atoms with E-state index >= 15 is 0 Å². The summed E-state index contributed by atoms with van der Waals surface area (Å²) >= 11 is 0. The average Bonchev–Trinajstić information content (AvgIpc) is 2.38. The summed E-state index contributed by atoms with van der Waals surface area (Å²) in [6, 6.07) is 0. The maximum Gasteiger partial charge on any atom is 0.333 e. The third-order valence-electron chi connectivity index (χ3n) is 3.87. The zero-order chi connectivity index (χ0) is 15.3. The van der Waals surface area contributed by atoms with Crippen molar-refractivity contribution in [1.82, 2.24) is 0 Å². The number of aliphatic hydroxyl groups excluding tert-OH is 1. The third-order valence-corrected chi connectivity index (χ3v) is 3.87. The number of alkyl halides is 2. The molecule has 0 aromatic carbocycles. The van der Waals surface area contributed by atoms with Gasteiger partial charge in [-0.3, -0.25) is 0 Å². The number of aliphatic hydroxyl groups is 1. The molecule has 5 heteroatoms. The van der Waals surface area contributed by atoms with Crippen LogP contribution in [-0.4, -0.2) is 29.2 Å². The fourth-order valence-corrected chi connectivity index (χ4v) is 2.49. The van der Waals surface area contributed by atoms with Crippen LogP contribution in [0.2, 0.25) is 0 Å². The Morgan fingerprint density at radius 1 is 1.40 bits per heavy atom. The average molecular weight is 290 g/mol. The number of ether oxygens (including phenoxy) is 1. The Kier molecular flexibility index (Phi) is 6.11. The summed E-state index contributed by atoms with van der Waals surface area (Å²) in [4.78, 5) is 11.6. The minimum absolute atomic E-state index is 0.0586. The second-order valence-electron chi connectivity index (χ2n) is 5.76. The van der Waals surface area contributed by atoms with Crippen LogP contribution in [0, 0.1) is 5.92 Å². The van der Waals surface area contributed by atoms with Crippen LogP contribution in [0.1, 0.15) is 52.4 Å². The van der Waals surface area contributed by atoms with Gasteiger partial charge in [0.15, 0.2) is 0 Å². The van der Waals surface area contributed by atoms with Crippen LogP contribution >= 0.6 is 0 Å². The Bertz CT molecular complexity index is 347. The molecular weight excluding hydrogens is 266 g/mol. The van der Waals surface area contributed by atoms with Gasteiger partial charge in [-0.1, -0.05) is 25.8 Å². The fourth-order valence-electron chi connectivity index (χ4n) is 2.49. The lowest BCUT2D eigenvalue weighted by molar-refractivity contribution is -0.163. The number of halogens is 2. The van der Waals surface area contributed by atoms with E-state index in [1.165, 1.54) is 6.92 Å². The van der Waals surface area contributed by atoms with Gasteiger partial charge in [0.05, 0.1) is 6.42 Å². The number of hydrogen-bond acceptors (Lipinski definition) is 3. The lowest BCUT2D eigenvalue weighted by Crippen LogP contribution is -2.40. The summed E-state index contributed by atoms with van der Waals surface area (Å²) in [7, 11) is 0. The van der Waals surface area contributed by atoms with Crippen LogP contribution in [-0.2, 0) is 9.53 Å². The summed E-state index contributed by atoms with van der Waals surface area (Å²) in [6.45, 7) is 6.02. The van der Waals surface area contributed by atoms with Crippen molar-refractivity contribution in [2.45, 2.75) is 70.5 Å². The van der Waals surface area contributed by atoms with Crippen LogP contribution in [0.25, 0.3) is 0 Å². The minimum Gasteiger partial charge on any atom is -0.459 e. The van der Waals surface area contributed by atoms with Crippen LogP contribution < -0.4 is 0 Å². The Morgan fingerprint density at radius 2 is 1.95 bits per heavy atom. The Balaban J connectivity index is 2.77. The predicted octanol–water partition coefficient (Wildman–Crippen LogP) is 3.46. The van der Waals surface area contributed by atoms with Gasteiger partial charge >= 0.3 is 5.97 Å². The van der Waals surface area contributed by atoms with E-state index in [0.717, 1.165) is 39.0 Å². The van der Waals surface area contributed by atoms with E-state index in [4.69, 9.17) is 9.84 Å². The highest BCUT2D eigenvalue weighted by atomic mass is 19.3. The lowest BCUT2D eigenvalue weighted by Gasteiger charge is -2.33. The first-order chi connectivity index (χ1) is 9.24. The van der Waals surface area contributed by atoms with E-state index in [-0.39, 0.29) is 11.5 Å². The second-order valence-corrected chi connectivity index (χ2v) is 5.76. The lowest BCUT2D eigenvalue weighted by atomic mass is 9.82. The standard InChI is InChI=1S/C15H24F2O3/c1-10(2)14(19)20-13(9-15(16,17)11(3)18)12-7-5-4-6-8-12/h11-13,18H,1,4-9H2,2-3H3. The minimum atomic E-state index is -3.25. The van der Waals surface area contributed by atoms with Gasteiger partial charge in [-0.15, -0.1) is 0 Å². The summed E-state index contributed by atoms with van der Waals surface area (Å²) in [5.41, 5.74) is 0.200. The molecule has 116 valence electrons. The number of carbonyl (C=O) groups excluding carboxylic acids is 1. The van der Waals surface area contributed by atoms with Crippen LogP contribution in [0.3, 0.4) is 0 Å². The number of esters is 1. The largest absolute Gasteiger partial charge is 0.459 e. The molecule has 0 radical (unpaired) electrons. The maximum absolute atomic E-state index is 13.7. The summed E-state index contributed by atoms with van der Waals surface area (Å²) < 4.78 is 32.7. The van der Waals surface area contributed by atoms with Gasteiger partial charge in [0.1, 0.15) is 12.2 Å². The van der Waals surface area contributed by atoms with Crippen molar-refractivity contribution < 1.29 is 23.4 Å². The van der Waals surface area contributed by atoms with Crippen LogP contribution in [0.4, 0.5) is 8.78 Å². The normalized spacial score (nSPS) is 20.2. The Morgan fingerprint density at radius 3 is 2.40 bits per heavy atom. The molecule has 2 atom stereocenters. The molecule has 1 rings (SSSR count). The highest BCUT2D eigenvalue weighted by molar-refractivity contribution is 5.87. The molecule has 3 nitrogen and oxygen atoms in total. The van der Waals surface area contributed by atoms with E-state index in [1.807, 2.05) is 0 Å². The third kappa shape index (κ3) is 4.85. The number of carbonyl (C=O) groups is 1. The SMILES string of the molecule is C=C(C)C(=O)OC(CC(F)(F)C(C)O)C1CCCCC1. The van der Waals surface area contributed by atoms with Gasteiger partial charge in [-0.05, 0) is 32.6 Å². The monoisotopic (exact) mass is 290 g/mol. The number of hydrogen-bond donors (Lipinski definition) is 1. The molecule has 1 saturated carbocycles. The Hall–Kier alpha value is -0.970. The zero-order valence-corrected chi connectivity index (χ0v) is 12.2. The first kappa shape index (κ1) is 17.1. The predicted molar refractivity (Wildman–Crippen MR) is 72.5 cm³/mol. The van der Waals surface area contributed by atoms with Gasteiger partial charge in [0.25, 0.3) is 5.92 Å². The van der Waals surface area contributed by atoms with Crippen LogP contribution in [0.15, 0.2) is 12.2 Å². The summed E-state index contributed by atoms with van der Waals surface area (Å²) in [5, 5.41) is 9.16. The fraction of sp³-hybridized carbons (Fsp3) is 0.800. The van der Waals surface area contributed by atoms with Crippen molar-refractivity contribution in [2.24, 2.45) is 5.92 Å². The van der Waals surface area contributed by atoms with Gasteiger partial charge in [0.2, 0.25) is 0 Å². The van der Waals surface area contributed by atoms with Crippen molar-refractivity contribution in [2.75, 3.05) is 0 Å². The molecule has 0 aliphatic heterocycles. The molecule has 2 unspecified atom stereocenters. The Labute approximate surface area is 119 Å². The molecule has 0 spiro atoms. The van der Waals surface area contributed by atoms with Crippen molar-refractivity contribution >= 4 is 5.97 Å². The molecule has 0 heterocycles. The van der Waals surface area contributed by atoms with E-state index < -0.39 is 30.5 Å². The molecule has 1 N–H and O–H groups in total. The van der Waals surface area contributed by atoms with E-state index in [1.54, 1.807) is 0 Å². The van der Waals surface area contributed by atoms with Gasteiger partial charge in [0, 0.05) is 5.57 Å². The van der Waals surface area contributed by atoms with Crippen molar-refractivity contribution in [3.8, 4) is 0 Å². The van der Waals surface area contributed by atoms with Crippen molar-refractivity contribution in [1.29, 1.82) is 0 Å². The topological polar surface area (TPSA) is 46.5 Å². The molecule has 1 aliphatic rings. The first-order valence-corrected chi connectivity index (χ1v) is 7.16. The maximum atomic E-state index is 13.7. The van der Waals surface area contributed by atoms with Gasteiger partial charge in [-0.2, -0.15) is 0 Å². The summed E-state index contributed by atoms with van der Waals surface area (Å²) in [6.07, 6.45) is 1.34. The number of rotatable bonds is 6. The van der Waals surface area contributed by atoms with E-state index in [2.05, 4.69) is 6.58 Å². The molecular formula is C15H24F2O3. The molecule has 0 aromatic rings. The van der Waals surface area contributed by atoms with E-state index in [9.17, 15) is 13.6 Å². The smallest absolute Gasteiger partial charge is 0.333 e. The summed E-state index contributed by atoms with van der Waals surface area (Å²) in [5.74, 6) is -3.95. The molecule has 0 bridgehead atoms. The quantitative estimate of drug-likeness (QED) is 0.602. The second kappa shape index (κ2) is 7.16. The molecule has 1 aliphatic carbocycles. The molecule has 0 aromatic heterocycles. The zero-order valence-electron chi connectivity index (χ0n) is 12.2.